The molecule has 1 fully saturated rings. The summed E-state index contributed by atoms with van der Waals surface area (Å²) in [6.45, 7) is 9.70. The molecule has 0 spiro atoms. The number of hydrogen-bond acceptors (Lipinski definition) is 3. The summed E-state index contributed by atoms with van der Waals surface area (Å²) in [4.78, 5) is 14.2. The van der Waals surface area contributed by atoms with Crippen molar-refractivity contribution in [1.29, 1.82) is 0 Å². The van der Waals surface area contributed by atoms with Gasteiger partial charge in [-0.3, -0.25) is 9.69 Å². The van der Waals surface area contributed by atoms with Crippen molar-refractivity contribution in [3.8, 4) is 0 Å². The molecule has 2 atom stereocenters. The standard InChI is InChI=1S/C14H29N3O.ClH/c1-11(2)12(3)16-14(18)10-17-8-4-5-13(9-17)6-7-15;/h11-13H,4-10,15H2,1-3H3,(H,16,18);1H. The minimum atomic E-state index is 0. The minimum absolute atomic E-state index is 0. The van der Waals surface area contributed by atoms with Crippen LogP contribution in [0.5, 0.6) is 0 Å². The van der Waals surface area contributed by atoms with Gasteiger partial charge in [-0.2, -0.15) is 0 Å². The van der Waals surface area contributed by atoms with Crippen molar-refractivity contribution in [3.05, 3.63) is 0 Å². The van der Waals surface area contributed by atoms with Gasteiger partial charge >= 0.3 is 0 Å². The van der Waals surface area contributed by atoms with E-state index < -0.39 is 0 Å². The van der Waals surface area contributed by atoms with Crippen LogP contribution in [-0.2, 0) is 4.79 Å². The van der Waals surface area contributed by atoms with Gasteiger partial charge in [0.1, 0.15) is 0 Å². The molecule has 0 saturated carbocycles. The van der Waals surface area contributed by atoms with Crippen molar-refractivity contribution in [3.63, 3.8) is 0 Å². The van der Waals surface area contributed by atoms with E-state index in [0.717, 1.165) is 26.1 Å². The van der Waals surface area contributed by atoms with Gasteiger partial charge in [-0.15, -0.1) is 12.4 Å². The van der Waals surface area contributed by atoms with Crippen molar-refractivity contribution < 1.29 is 4.79 Å². The molecule has 1 aliphatic rings. The van der Waals surface area contributed by atoms with E-state index in [9.17, 15) is 4.79 Å². The lowest BCUT2D eigenvalue weighted by Gasteiger charge is -2.32. The minimum Gasteiger partial charge on any atom is -0.352 e. The fourth-order valence-corrected chi connectivity index (χ4v) is 2.44. The molecule has 0 aromatic carbocycles. The van der Waals surface area contributed by atoms with E-state index in [-0.39, 0.29) is 24.4 Å². The normalized spacial score (nSPS) is 21.8. The average Bonchev–Trinajstić information content (AvgIpc) is 2.29. The van der Waals surface area contributed by atoms with E-state index >= 15 is 0 Å². The van der Waals surface area contributed by atoms with Crippen molar-refractivity contribution in [2.75, 3.05) is 26.2 Å². The van der Waals surface area contributed by atoms with Crippen molar-refractivity contribution in [1.82, 2.24) is 10.2 Å². The van der Waals surface area contributed by atoms with Crippen molar-refractivity contribution in [2.45, 2.75) is 46.1 Å². The third-order valence-electron chi connectivity index (χ3n) is 3.93. The first-order chi connectivity index (χ1) is 8.52. The highest BCUT2D eigenvalue weighted by molar-refractivity contribution is 5.85. The van der Waals surface area contributed by atoms with Gasteiger partial charge in [0.15, 0.2) is 0 Å². The number of nitrogens with zero attached hydrogens (tertiary/aromatic N) is 1. The molecule has 114 valence electrons. The highest BCUT2D eigenvalue weighted by Gasteiger charge is 2.21. The fourth-order valence-electron chi connectivity index (χ4n) is 2.44. The molecule has 5 heteroatoms. The second-order valence-corrected chi connectivity index (χ2v) is 5.92. The van der Waals surface area contributed by atoms with E-state index in [1.54, 1.807) is 0 Å². The van der Waals surface area contributed by atoms with Crippen molar-refractivity contribution >= 4 is 18.3 Å². The summed E-state index contributed by atoms with van der Waals surface area (Å²) < 4.78 is 0. The van der Waals surface area contributed by atoms with Crippen LogP contribution in [-0.4, -0.2) is 43.0 Å². The van der Waals surface area contributed by atoms with Gasteiger partial charge in [0.2, 0.25) is 5.91 Å². The van der Waals surface area contributed by atoms with Crippen molar-refractivity contribution in [2.24, 2.45) is 17.6 Å². The number of carbonyl (C=O) groups is 1. The SMILES string of the molecule is CC(C)C(C)NC(=O)CN1CCCC(CCN)C1.Cl. The molecule has 19 heavy (non-hydrogen) atoms. The number of halogens is 1. The van der Waals surface area contributed by atoms with Gasteiger partial charge in [-0.1, -0.05) is 13.8 Å². The number of hydrogen-bond donors (Lipinski definition) is 2. The Bertz CT molecular complexity index is 259. The summed E-state index contributed by atoms with van der Waals surface area (Å²) >= 11 is 0. The number of nitrogens with one attached hydrogen (secondary N) is 1. The number of likely N-dealkylation sites (tertiary alicyclic amines) is 1. The van der Waals surface area contributed by atoms with Gasteiger partial charge in [-0.25, -0.2) is 0 Å². The molecule has 3 N–H and O–H groups in total. The average molecular weight is 292 g/mol. The molecule has 0 aromatic heterocycles. The van der Waals surface area contributed by atoms with Crippen LogP contribution in [0.1, 0.15) is 40.0 Å². The molecule has 1 amide bonds. The lowest BCUT2D eigenvalue weighted by Crippen LogP contribution is -2.46. The summed E-state index contributed by atoms with van der Waals surface area (Å²) in [7, 11) is 0. The molecule has 0 bridgehead atoms. The van der Waals surface area contributed by atoms with Crippen LogP contribution >= 0.6 is 12.4 Å². The van der Waals surface area contributed by atoms with Crippen LogP contribution in [0.2, 0.25) is 0 Å². The summed E-state index contributed by atoms with van der Waals surface area (Å²) in [5, 5.41) is 3.07. The molecule has 0 aromatic rings. The maximum Gasteiger partial charge on any atom is 0.234 e. The second-order valence-electron chi connectivity index (χ2n) is 5.92. The van der Waals surface area contributed by atoms with E-state index in [0.29, 0.717) is 18.4 Å². The molecule has 1 heterocycles. The summed E-state index contributed by atoms with van der Waals surface area (Å²) in [6, 6.07) is 0.252. The third kappa shape index (κ3) is 7.14. The monoisotopic (exact) mass is 291 g/mol. The van der Waals surface area contributed by atoms with Crippen LogP contribution in [0.25, 0.3) is 0 Å². The molecule has 4 nitrogen and oxygen atoms in total. The smallest absolute Gasteiger partial charge is 0.234 e. The summed E-state index contributed by atoms with van der Waals surface area (Å²) in [5.41, 5.74) is 5.61. The van der Waals surface area contributed by atoms with Crippen LogP contribution in [0, 0.1) is 11.8 Å². The lowest BCUT2D eigenvalue weighted by atomic mass is 9.95. The Hall–Kier alpha value is -0.320. The van der Waals surface area contributed by atoms with Crippen LogP contribution in [0.15, 0.2) is 0 Å². The maximum absolute atomic E-state index is 11.9. The quantitative estimate of drug-likeness (QED) is 0.782. The first-order valence-corrected chi connectivity index (χ1v) is 7.24. The Kier molecular flexibility index (Phi) is 9.40. The highest BCUT2D eigenvalue weighted by Crippen LogP contribution is 2.18. The largest absolute Gasteiger partial charge is 0.352 e. The zero-order valence-electron chi connectivity index (χ0n) is 12.5. The molecule has 1 aliphatic heterocycles. The summed E-state index contributed by atoms with van der Waals surface area (Å²) in [5.74, 6) is 1.32. The zero-order valence-corrected chi connectivity index (χ0v) is 13.3. The Morgan fingerprint density at radius 2 is 2.11 bits per heavy atom. The van der Waals surface area contributed by atoms with Gasteiger partial charge in [0.25, 0.3) is 0 Å². The Balaban J connectivity index is 0.00000324. The Labute approximate surface area is 123 Å². The van der Waals surface area contributed by atoms with Gasteiger partial charge < -0.3 is 11.1 Å². The van der Waals surface area contributed by atoms with Gasteiger partial charge in [-0.05, 0) is 51.1 Å². The number of piperidine rings is 1. The molecular formula is C14H30ClN3O. The first kappa shape index (κ1) is 18.7. The predicted molar refractivity (Wildman–Crippen MR) is 82.5 cm³/mol. The molecular weight excluding hydrogens is 262 g/mol. The topological polar surface area (TPSA) is 58.4 Å². The van der Waals surface area contributed by atoms with Crippen LogP contribution < -0.4 is 11.1 Å². The Morgan fingerprint density at radius 1 is 1.42 bits per heavy atom. The van der Waals surface area contributed by atoms with E-state index in [2.05, 4.69) is 31.0 Å². The molecule has 1 rings (SSSR count). The van der Waals surface area contributed by atoms with Crippen LogP contribution in [0.3, 0.4) is 0 Å². The van der Waals surface area contributed by atoms with E-state index in [1.807, 2.05) is 0 Å². The maximum atomic E-state index is 11.9. The van der Waals surface area contributed by atoms with Crippen LogP contribution in [0.4, 0.5) is 0 Å². The zero-order chi connectivity index (χ0) is 13.5. The van der Waals surface area contributed by atoms with E-state index in [4.69, 9.17) is 5.73 Å². The third-order valence-corrected chi connectivity index (χ3v) is 3.93. The lowest BCUT2D eigenvalue weighted by molar-refractivity contribution is -0.123. The molecule has 1 saturated heterocycles. The molecule has 0 radical (unpaired) electrons. The second kappa shape index (κ2) is 9.56. The number of rotatable bonds is 6. The molecule has 0 aliphatic carbocycles. The first-order valence-electron chi connectivity index (χ1n) is 7.24. The predicted octanol–water partition coefficient (Wildman–Crippen LogP) is 1.63. The van der Waals surface area contributed by atoms with E-state index in [1.165, 1.54) is 12.8 Å². The fraction of sp³-hybridized carbons (Fsp3) is 0.929. The number of nitrogens with two attached hydrogens (primary N) is 1. The number of carbonyl (C=O) groups excluding carboxylic acids is 1. The number of amides is 1. The van der Waals surface area contributed by atoms with Gasteiger partial charge in [0.05, 0.1) is 6.54 Å². The molecule has 2 unspecified atom stereocenters. The Morgan fingerprint density at radius 3 is 2.68 bits per heavy atom. The van der Waals surface area contributed by atoms with Gasteiger partial charge in [0, 0.05) is 12.6 Å². The summed E-state index contributed by atoms with van der Waals surface area (Å²) in [6.07, 6.45) is 3.54. The highest BCUT2D eigenvalue weighted by atomic mass is 35.5.